The molecule has 0 spiro atoms. The first-order chi connectivity index (χ1) is 15.1. The highest BCUT2D eigenvalue weighted by Crippen LogP contribution is 2.11. The molecule has 0 fully saturated rings. The van der Waals surface area contributed by atoms with E-state index in [1.165, 1.54) is 18.8 Å². The maximum atomic E-state index is 12.4. The summed E-state index contributed by atoms with van der Waals surface area (Å²) in [4.78, 5) is 31.2. The summed E-state index contributed by atoms with van der Waals surface area (Å²) in [5, 5.41) is 7.77. The van der Waals surface area contributed by atoms with Crippen LogP contribution < -0.4 is 20.3 Å². The van der Waals surface area contributed by atoms with Crippen molar-refractivity contribution < 1.29 is 19.1 Å². The van der Waals surface area contributed by atoms with E-state index in [-0.39, 0.29) is 11.4 Å². The minimum atomic E-state index is -0.651. The molecule has 3 N–H and O–H groups in total. The minimum Gasteiger partial charge on any atom is -0.497 e. The number of amides is 2. The topological polar surface area (TPSA) is 130 Å². The van der Waals surface area contributed by atoms with Crippen LogP contribution in [0.1, 0.15) is 32.1 Å². The second kappa shape index (κ2) is 10.3. The van der Waals surface area contributed by atoms with Crippen molar-refractivity contribution in [2.75, 3.05) is 14.2 Å². The number of carbonyl (C=O) groups excluding carboxylic acids is 2. The Bertz CT molecular complexity index is 1040. The average Bonchev–Trinajstić information content (AvgIpc) is 3.29. The van der Waals surface area contributed by atoms with E-state index in [0.717, 1.165) is 11.1 Å². The molecule has 2 aromatic carbocycles. The largest absolute Gasteiger partial charge is 0.497 e. The lowest BCUT2D eigenvalue weighted by Gasteiger charge is -2.02. The molecule has 0 saturated heterocycles. The number of nitrogens with zero attached hydrogens (tertiary/aromatic N) is 3. The molecule has 0 bridgehead atoms. The normalized spacial score (nSPS) is 10.9. The van der Waals surface area contributed by atoms with Crippen molar-refractivity contribution in [2.45, 2.75) is 0 Å². The number of methoxy groups -OCH3 is 2. The first kappa shape index (κ1) is 21.2. The standard InChI is InChI=1S/C21H20N6O4/c1-30-16-7-3-5-14(9-16)11-24-26-20(28)18-19(23-13-22-18)21(29)27-25-12-15-6-4-8-17(10-15)31-2/h3-13H,1-2H3,(H,22,23)(H,26,28)(H,27,29)/b24-11-,25-12-. The lowest BCUT2D eigenvalue weighted by atomic mass is 10.2. The Balaban J connectivity index is 1.61. The summed E-state index contributed by atoms with van der Waals surface area (Å²) in [6.45, 7) is 0. The molecular weight excluding hydrogens is 400 g/mol. The molecular formula is C21H20N6O4. The van der Waals surface area contributed by atoms with E-state index >= 15 is 0 Å². The summed E-state index contributed by atoms with van der Waals surface area (Å²) in [6, 6.07) is 14.3. The molecule has 0 atom stereocenters. The van der Waals surface area contributed by atoms with E-state index < -0.39 is 11.8 Å². The van der Waals surface area contributed by atoms with Crippen molar-refractivity contribution >= 4 is 24.2 Å². The van der Waals surface area contributed by atoms with Crippen LogP contribution in [0.15, 0.2) is 65.1 Å². The molecule has 31 heavy (non-hydrogen) atoms. The van der Waals surface area contributed by atoms with Crippen molar-refractivity contribution in [1.29, 1.82) is 0 Å². The Labute approximate surface area is 178 Å². The zero-order valence-electron chi connectivity index (χ0n) is 16.8. The molecule has 0 aliphatic rings. The molecule has 1 heterocycles. The molecule has 10 nitrogen and oxygen atoms in total. The second-order valence-corrected chi connectivity index (χ2v) is 6.08. The fourth-order valence-corrected chi connectivity index (χ4v) is 2.52. The van der Waals surface area contributed by atoms with Crippen LogP contribution in [0.25, 0.3) is 0 Å². The average molecular weight is 420 g/mol. The molecule has 2 amide bonds. The quantitative estimate of drug-likeness (QED) is 0.379. The molecule has 0 saturated carbocycles. The Morgan fingerprint density at radius 2 is 1.45 bits per heavy atom. The summed E-state index contributed by atoms with van der Waals surface area (Å²) in [5.41, 5.74) is 5.98. The van der Waals surface area contributed by atoms with Crippen LogP contribution in [-0.4, -0.2) is 48.4 Å². The van der Waals surface area contributed by atoms with Gasteiger partial charge in [-0.2, -0.15) is 10.2 Å². The lowest BCUT2D eigenvalue weighted by Crippen LogP contribution is -2.25. The maximum Gasteiger partial charge on any atom is 0.292 e. The van der Waals surface area contributed by atoms with Crippen LogP contribution in [0.4, 0.5) is 0 Å². The van der Waals surface area contributed by atoms with Crippen LogP contribution in [0, 0.1) is 0 Å². The fraction of sp³-hybridized carbons (Fsp3) is 0.0952. The molecule has 10 heteroatoms. The number of aromatic nitrogens is 2. The monoisotopic (exact) mass is 420 g/mol. The smallest absolute Gasteiger partial charge is 0.292 e. The van der Waals surface area contributed by atoms with Gasteiger partial charge in [-0.1, -0.05) is 24.3 Å². The maximum absolute atomic E-state index is 12.4. The van der Waals surface area contributed by atoms with Gasteiger partial charge in [0.15, 0.2) is 5.69 Å². The van der Waals surface area contributed by atoms with Crippen LogP contribution in [0.5, 0.6) is 11.5 Å². The van der Waals surface area contributed by atoms with Crippen molar-refractivity contribution in [1.82, 2.24) is 20.8 Å². The van der Waals surface area contributed by atoms with E-state index in [9.17, 15) is 9.59 Å². The third-order valence-corrected chi connectivity index (χ3v) is 4.03. The first-order valence-corrected chi connectivity index (χ1v) is 9.09. The lowest BCUT2D eigenvalue weighted by molar-refractivity contribution is 0.0915. The van der Waals surface area contributed by atoms with E-state index in [2.05, 4.69) is 31.0 Å². The van der Waals surface area contributed by atoms with Crippen molar-refractivity contribution in [3.05, 3.63) is 77.4 Å². The highest BCUT2D eigenvalue weighted by molar-refractivity contribution is 6.05. The van der Waals surface area contributed by atoms with Gasteiger partial charge in [-0.25, -0.2) is 15.8 Å². The van der Waals surface area contributed by atoms with Crippen LogP contribution in [-0.2, 0) is 0 Å². The molecule has 158 valence electrons. The van der Waals surface area contributed by atoms with E-state index in [1.54, 1.807) is 62.8 Å². The van der Waals surface area contributed by atoms with Gasteiger partial charge >= 0.3 is 0 Å². The number of carbonyl (C=O) groups is 2. The molecule has 1 aromatic heterocycles. The number of H-pyrrole nitrogens is 1. The number of imidazole rings is 1. The molecule has 0 aliphatic carbocycles. The highest BCUT2D eigenvalue weighted by atomic mass is 16.5. The zero-order chi connectivity index (χ0) is 22.1. The van der Waals surface area contributed by atoms with Gasteiger partial charge in [0.2, 0.25) is 0 Å². The predicted molar refractivity (Wildman–Crippen MR) is 115 cm³/mol. The molecule has 0 aliphatic heterocycles. The number of hydrogen-bond donors (Lipinski definition) is 3. The number of aromatic amines is 1. The van der Waals surface area contributed by atoms with Crippen molar-refractivity contribution in [2.24, 2.45) is 10.2 Å². The Morgan fingerprint density at radius 1 is 0.903 bits per heavy atom. The number of ether oxygens (including phenoxy) is 2. The molecule has 3 aromatic rings. The molecule has 0 radical (unpaired) electrons. The summed E-state index contributed by atoms with van der Waals surface area (Å²) < 4.78 is 10.3. The number of rotatable bonds is 8. The van der Waals surface area contributed by atoms with E-state index in [4.69, 9.17) is 9.47 Å². The van der Waals surface area contributed by atoms with E-state index in [1.807, 2.05) is 0 Å². The summed E-state index contributed by atoms with van der Waals surface area (Å²) in [5.74, 6) is 0.0502. The van der Waals surface area contributed by atoms with Crippen LogP contribution in [0.2, 0.25) is 0 Å². The summed E-state index contributed by atoms with van der Waals surface area (Å²) in [7, 11) is 3.12. The van der Waals surface area contributed by atoms with Gasteiger partial charge in [-0.15, -0.1) is 0 Å². The van der Waals surface area contributed by atoms with Gasteiger partial charge in [-0.05, 0) is 35.4 Å². The van der Waals surface area contributed by atoms with Gasteiger partial charge in [0.1, 0.15) is 17.2 Å². The van der Waals surface area contributed by atoms with Crippen LogP contribution >= 0.6 is 0 Å². The van der Waals surface area contributed by atoms with Crippen LogP contribution in [0.3, 0.4) is 0 Å². The zero-order valence-corrected chi connectivity index (χ0v) is 16.8. The number of hydrogen-bond acceptors (Lipinski definition) is 7. The third-order valence-electron chi connectivity index (χ3n) is 4.03. The van der Waals surface area contributed by atoms with E-state index in [0.29, 0.717) is 11.5 Å². The van der Waals surface area contributed by atoms with Crippen molar-refractivity contribution in [3.8, 4) is 11.5 Å². The Kier molecular flexibility index (Phi) is 7.09. The number of benzene rings is 2. The molecule has 3 rings (SSSR count). The van der Waals surface area contributed by atoms with Gasteiger partial charge < -0.3 is 14.5 Å². The highest BCUT2D eigenvalue weighted by Gasteiger charge is 2.19. The Morgan fingerprint density at radius 3 is 2.00 bits per heavy atom. The predicted octanol–water partition coefficient (Wildman–Crippen LogP) is 1.95. The third kappa shape index (κ3) is 5.76. The van der Waals surface area contributed by atoms with Gasteiger partial charge in [0.25, 0.3) is 11.8 Å². The second-order valence-electron chi connectivity index (χ2n) is 6.08. The van der Waals surface area contributed by atoms with Gasteiger partial charge in [0, 0.05) is 0 Å². The number of hydrazone groups is 2. The van der Waals surface area contributed by atoms with Crippen molar-refractivity contribution in [3.63, 3.8) is 0 Å². The summed E-state index contributed by atoms with van der Waals surface area (Å²) >= 11 is 0. The van der Waals surface area contributed by atoms with Gasteiger partial charge in [-0.3, -0.25) is 9.59 Å². The SMILES string of the molecule is COc1cccc(/C=N\NC(=O)c2nc[nH]c2C(=O)N/N=C\c2cccc(OC)c2)c1. The summed E-state index contributed by atoms with van der Waals surface area (Å²) in [6.07, 6.45) is 4.14. The van der Waals surface area contributed by atoms with Gasteiger partial charge in [0.05, 0.1) is 33.0 Å². The number of nitrogens with one attached hydrogen (secondary N) is 3. The first-order valence-electron chi connectivity index (χ1n) is 9.09. The Hall–Kier alpha value is -4.47. The fourth-order valence-electron chi connectivity index (χ4n) is 2.52. The minimum absolute atomic E-state index is 0.0446. The molecule has 0 unspecified atom stereocenters.